The van der Waals surface area contributed by atoms with Gasteiger partial charge in [-0.1, -0.05) is 62.9 Å². The van der Waals surface area contributed by atoms with Crippen molar-refractivity contribution in [1.29, 1.82) is 0 Å². The Bertz CT molecular complexity index is 440. The fourth-order valence-corrected chi connectivity index (χ4v) is 3.15. The van der Waals surface area contributed by atoms with Crippen molar-refractivity contribution < 1.29 is 9.53 Å². The lowest BCUT2D eigenvalue weighted by molar-refractivity contribution is -0.0671. The maximum Gasteiger partial charge on any atom is 0.166 e. The van der Waals surface area contributed by atoms with Crippen LogP contribution in [-0.2, 0) is 4.74 Å². The van der Waals surface area contributed by atoms with Crippen LogP contribution in [0.4, 0.5) is 0 Å². The van der Waals surface area contributed by atoms with Crippen LogP contribution in [0.1, 0.15) is 68.6 Å². The molecule has 1 heterocycles. The number of carbonyl (C=O) groups excluding carboxylic acids is 1. The molecule has 1 aliphatic heterocycles. The van der Waals surface area contributed by atoms with Crippen molar-refractivity contribution in [3.63, 3.8) is 0 Å². The number of ether oxygens (including phenoxy) is 1. The van der Waals surface area contributed by atoms with E-state index in [-0.39, 0.29) is 12.0 Å². The summed E-state index contributed by atoms with van der Waals surface area (Å²) in [5.41, 5.74) is 0.795. The molecule has 1 aromatic carbocycles. The van der Waals surface area contributed by atoms with Gasteiger partial charge in [-0.2, -0.15) is 0 Å². The highest BCUT2D eigenvalue weighted by Gasteiger charge is 2.24. The Morgan fingerprint density at radius 3 is 2.52 bits per heavy atom. The highest BCUT2D eigenvalue weighted by molar-refractivity contribution is 5.96. The monoisotopic (exact) mass is 317 g/mol. The van der Waals surface area contributed by atoms with Gasteiger partial charge in [-0.3, -0.25) is 9.69 Å². The van der Waals surface area contributed by atoms with Crippen LogP contribution in [0.25, 0.3) is 0 Å². The van der Waals surface area contributed by atoms with Gasteiger partial charge >= 0.3 is 0 Å². The molecule has 1 aromatic rings. The minimum absolute atomic E-state index is 0.0513. The van der Waals surface area contributed by atoms with E-state index in [9.17, 15) is 4.79 Å². The van der Waals surface area contributed by atoms with E-state index in [0.29, 0.717) is 6.42 Å². The summed E-state index contributed by atoms with van der Waals surface area (Å²) >= 11 is 0. The SMILES string of the molecule is CCCCCCOC(CC(=O)c1ccccc1)N1CCCCC1. The van der Waals surface area contributed by atoms with E-state index < -0.39 is 0 Å². The molecule has 128 valence electrons. The molecule has 0 saturated carbocycles. The number of hydrogen-bond acceptors (Lipinski definition) is 3. The fraction of sp³-hybridized carbons (Fsp3) is 0.650. The van der Waals surface area contributed by atoms with Crippen LogP contribution in [-0.4, -0.2) is 36.6 Å². The molecule has 1 atom stereocenters. The minimum atomic E-state index is -0.0513. The fourth-order valence-electron chi connectivity index (χ4n) is 3.15. The van der Waals surface area contributed by atoms with Gasteiger partial charge < -0.3 is 4.74 Å². The molecule has 0 amide bonds. The Labute approximate surface area is 141 Å². The number of carbonyl (C=O) groups is 1. The highest BCUT2D eigenvalue weighted by Crippen LogP contribution is 2.18. The summed E-state index contributed by atoms with van der Waals surface area (Å²) < 4.78 is 6.13. The number of likely N-dealkylation sites (tertiary alicyclic amines) is 1. The van der Waals surface area contributed by atoms with Gasteiger partial charge in [0.25, 0.3) is 0 Å². The third-order valence-corrected chi connectivity index (χ3v) is 4.56. The molecule has 1 unspecified atom stereocenters. The zero-order chi connectivity index (χ0) is 16.3. The second kappa shape index (κ2) is 10.6. The number of hydrogen-bond donors (Lipinski definition) is 0. The molecule has 0 bridgehead atoms. The second-order valence-corrected chi connectivity index (χ2v) is 6.48. The molecule has 0 aromatic heterocycles. The van der Waals surface area contributed by atoms with E-state index >= 15 is 0 Å². The van der Waals surface area contributed by atoms with E-state index in [1.807, 2.05) is 30.3 Å². The predicted molar refractivity (Wildman–Crippen MR) is 94.7 cm³/mol. The molecular formula is C20H31NO2. The average Bonchev–Trinajstić information content (AvgIpc) is 2.62. The molecule has 1 saturated heterocycles. The Morgan fingerprint density at radius 2 is 1.83 bits per heavy atom. The zero-order valence-corrected chi connectivity index (χ0v) is 14.5. The molecule has 1 aliphatic rings. The summed E-state index contributed by atoms with van der Waals surface area (Å²) in [5, 5.41) is 0. The molecule has 1 fully saturated rings. The lowest BCUT2D eigenvalue weighted by atomic mass is 10.1. The van der Waals surface area contributed by atoms with Crippen molar-refractivity contribution in [3.05, 3.63) is 35.9 Å². The Hall–Kier alpha value is -1.19. The summed E-state index contributed by atoms with van der Waals surface area (Å²) in [7, 11) is 0. The Balaban J connectivity index is 1.88. The van der Waals surface area contributed by atoms with Gasteiger partial charge in [-0.15, -0.1) is 0 Å². The smallest absolute Gasteiger partial charge is 0.166 e. The topological polar surface area (TPSA) is 29.5 Å². The number of nitrogens with zero attached hydrogens (tertiary/aromatic N) is 1. The molecule has 3 heteroatoms. The van der Waals surface area contributed by atoms with Gasteiger partial charge in [0.15, 0.2) is 5.78 Å². The molecule has 0 aliphatic carbocycles. The molecule has 23 heavy (non-hydrogen) atoms. The lowest BCUT2D eigenvalue weighted by Crippen LogP contribution is -2.42. The average molecular weight is 317 g/mol. The van der Waals surface area contributed by atoms with Gasteiger partial charge in [0.1, 0.15) is 6.23 Å². The maximum atomic E-state index is 12.5. The second-order valence-electron chi connectivity index (χ2n) is 6.48. The molecule has 0 N–H and O–H groups in total. The largest absolute Gasteiger partial charge is 0.363 e. The van der Waals surface area contributed by atoms with Crippen LogP contribution in [0.2, 0.25) is 0 Å². The molecule has 3 nitrogen and oxygen atoms in total. The van der Waals surface area contributed by atoms with Crippen LogP contribution in [0.5, 0.6) is 0 Å². The third kappa shape index (κ3) is 6.44. The maximum absolute atomic E-state index is 12.5. The van der Waals surface area contributed by atoms with Gasteiger partial charge in [0.05, 0.1) is 6.42 Å². The van der Waals surface area contributed by atoms with E-state index in [4.69, 9.17) is 4.74 Å². The number of ketones is 1. The van der Waals surface area contributed by atoms with Crippen LogP contribution in [0.3, 0.4) is 0 Å². The van der Waals surface area contributed by atoms with E-state index in [0.717, 1.165) is 31.7 Å². The number of benzene rings is 1. The van der Waals surface area contributed by atoms with Crippen LogP contribution < -0.4 is 0 Å². The quantitative estimate of drug-likeness (QED) is 0.464. The Kier molecular flexibility index (Phi) is 8.33. The summed E-state index contributed by atoms with van der Waals surface area (Å²) in [6, 6.07) is 9.60. The van der Waals surface area contributed by atoms with Gasteiger partial charge in [0, 0.05) is 25.3 Å². The first-order valence-electron chi connectivity index (χ1n) is 9.25. The van der Waals surface area contributed by atoms with Gasteiger partial charge in [0.2, 0.25) is 0 Å². The third-order valence-electron chi connectivity index (χ3n) is 4.56. The van der Waals surface area contributed by atoms with Crippen LogP contribution >= 0.6 is 0 Å². The van der Waals surface area contributed by atoms with E-state index in [1.165, 1.54) is 38.5 Å². The molecule has 2 rings (SSSR count). The first kappa shape index (κ1) is 18.2. The van der Waals surface area contributed by atoms with E-state index in [1.54, 1.807) is 0 Å². The number of rotatable bonds is 10. The van der Waals surface area contributed by atoms with Crippen molar-refractivity contribution in [2.24, 2.45) is 0 Å². The summed E-state index contributed by atoms with van der Waals surface area (Å²) in [4.78, 5) is 14.9. The minimum Gasteiger partial charge on any atom is -0.363 e. The number of Topliss-reactive ketones (excluding diaryl/α,β-unsaturated/α-hetero) is 1. The standard InChI is InChI=1S/C20H31NO2/c1-2-3-4-11-16-23-20(21-14-9-6-10-15-21)17-19(22)18-12-7-5-8-13-18/h5,7-8,12-13,20H,2-4,6,9-11,14-17H2,1H3. The van der Waals surface area contributed by atoms with E-state index in [2.05, 4.69) is 11.8 Å². The van der Waals surface area contributed by atoms with Gasteiger partial charge in [-0.25, -0.2) is 0 Å². The zero-order valence-electron chi connectivity index (χ0n) is 14.5. The first-order valence-corrected chi connectivity index (χ1v) is 9.25. The van der Waals surface area contributed by atoms with Crippen molar-refractivity contribution in [2.75, 3.05) is 19.7 Å². The van der Waals surface area contributed by atoms with Crippen molar-refractivity contribution in [1.82, 2.24) is 4.90 Å². The Morgan fingerprint density at radius 1 is 1.09 bits per heavy atom. The highest BCUT2D eigenvalue weighted by atomic mass is 16.5. The molecule has 0 radical (unpaired) electrons. The van der Waals surface area contributed by atoms with Gasteiger partial charge in [-0.05, 0) is 19.3 Å². The summed E-state index contributed by atoms with van der Waals surface area (Å²) in [6.45, 7) is 5.10. The number of piperidine rings is 1. The summed E-state index contributed by atoms with van der Waals surface area (Å²) in [6.07, 6.45) is 8.97. The van der Waals surface area contributed by atoms with Crippen LogP contribution in [0.15, 0.2) is 30.3 Å². The predicted octanol–water partition coefficient (Wildman–Crippen LogP) is 4.67. The van der Waals surface area contributed by atoms with Crippen LogP contribution in [0, 0.1) is 0 Å². The lowest BCUT2D eigenvalue weighted by Gasteiger charge is -2.34. The number of unbranched alkanes of at least 4 members (excludes halogenated alkanes) is 3. The van der Waals surface area contributed by atoms with Crippen molar-refractivity contribution in [2.45, 2.75) is 64.5 Å². The van der Waals surface area contributed by atoms with Crippen molar-refractivity contribution in [3.8, 4) is 0 Å². The molecule has 0 spiro atoms. The first-order chi connectivity index (χ1) is 11.3. The van der Waals surface area contributed by atoms with Crippen molar-refractivity contribution >= 4 is 5.78 Å². The summed E-state index contributed by atoms with van der Waals surface area (Å²) in [5.74, 6) is 0.190. The normalized spacial score (nSPS) is 17.1. The molecular weight excluding hydrogens is 286 g/mol.